The number of hydrogen-bond donors (Lipinski definition) is 0. The van der Waals surface area contributed by atoms with Gasteiger partial charge in [-0.1, -0.05) is 0 Å². The Hall–Kier alpha value is -0.980. The van der Waals surface area contributed by atoms with Gasteiger partial charge in [-0.25, -0.2) is 4.98 Å². The van der Waals surface area contributed by atoms with Gasteiger partial charge in [0.1, 0.15) is 5.69 Å². The van der Waals surface area contributed by atoms with Gasteiger partial charge in [-0.15, -0.1) is 11.3 Å². The van der Waals surface area contributed by atoms with E-state index in [4.69, 9.17) is 4.74 Å². The highest BCUT2D eigenvalue weighted by Crippen LogP contribution is 2.42. The van der Waals surface area contributed by atoms with E-state index in [-0.39, 0.29) is 5.91 Å². The molecule has 0 unspecified atom stereocenters. The lowest BCUT2D eigenvalue weighted by Crippen LogP contribution is -2.44. The molecule has 0 aliphatic carbocycles. The number of nitrogens with zero attached hydrogens (tertiary/aromatic N) is 3. The highest BCUT2D eigenvalue weighted by Gasteiger charge is 2.44. The molecule has 22 heavy (non-hydrogen) atoms. The van der Waals surface area contributed by atoms with Crippen LogP contribution in [0.3, 0.4) is 0 Å². The zero-order valence-corrected chi connectivity index (χ0v) is 14.5. The van der Waals surface area contributed by atoms with Crippen LogP contribution in [0, 0.1) is 12.3 Å². The van der Waals surface area contributed by atoms with Gasteiger partial charge in [0.2, 0.25) is 0 Å². The number of thiazole rings is 1. The Morgan fingerprint density at radius 2 is 2.23 bits per heavy atom. The van der Waals surface area contributed by atoms with Crippen LogP contribution in [0.1, 0.15) is 34.8 Å². The van der Waals surface area contributed by atoms with Crippen molar-refractivity contribution in [2.75, 3.05) is 40.4 Å². The number of likely N-dealkylation sites (N-methyl/N-ethyl adjacent to an activating group) is 1. The lowest BCUT2D eigenvalue weighted by atomic mass is 9.76. The van der Waals surface area contributed by atoms with Gasteiger partial charge in [0.05, 0.1) is 11.6 Å². The van der Waals surface area contributed by atoms with Crippen LogP contribution in [0.2, 0.25) is 0 Å². The molecule has 1 spiro atoms. The predicted octanol–water partition coefficient (Wildman–Crippen LogP) is 2.02. The number of carbonyl (C=O) groups is 1. The number of aryl methyl sites for hydroxylation is 1. The molecule has 2 saturated heterocycles. The number of carbonyl (C=O) groups excluding carboxylic acids is 1. The maximum absolute atomic E-state index is 12.5. The zero-order chi connectivity index (χ0) is 15.7. The van der Waals surface area contributed by atoms with E-state index < -0.39 is 0 Å². The summed E-state index contributed by atoms with van der Waals surface area (Å²) in [5.41, 5.74) is 0.978. The van der Waals surface area contributed by atoms with E-state index in [9.17, 15) is 4.79 Å². The second-order valence-corrected chi connectivity index (χ2v) is 7.83. The van der Waals surface area contributed by atoms with Crippen molar-refractivity contribution in [1.82, 2.24) is 14.8 Å². The Bertz CT molecular complexity index is 537. The Morgan fingerprint density at radius 1 is 1.50 bits per heavy atom. The van der Waals surface area contributed by atoms with E-state index in [0.29, 0.717) is 17.2 Å². The fourth-order valence-corrected chi connectivity index (χ4v) is 4.51. The van der Waals surface area contributed by atoms with Gasteiger partial charge < -0.3 is 14.5 Å². The van der Waals surface area contributed by atoms with Crippen molar-refractivity contribution in [2.24, 2.45) is 5.41 Å². The van der Waals surface area contributed by atoms with Crippen molar-refractivity contribution < 1.29 is 9.53 Å². The van der Waals surface area contributed by atoms with Crippen LogP contribution in [-0.2, 0) is 4.74 Å². The third-order valence-electron chi connectivity index (χ3n) is 5.19. The van der Waals surface area contributed by atoms with E-state index in [0.717, 1.165) is 44.1 Å². The maximum atomic E-state index is 12.5. The Morgan fingerprint density at radius 3 is 2.82 bits per heavy atom. The molecule has 2 aliphatic heterocycles. The summed E-state index contributed by atoms with van der Waals surface area (Å²) >= 11 is 1.54. The van der Waals surface area contributed by atoms with Crippen molar-refractivity contribution in [1.29, 1.82) is 0 Å². The number of hydrogen-bond acceptors (Lipinski definition) is 5. The number of rotatable bonds is 3. The van der Waals surface area contributed by atoms with Crippen molar-refractivity contribution >= 4 is 17.2 Å². The van der Waals surface area contributed by atoms with Gasteiger partial charge >= 0.3 is 0 Å². The standard InChI is InChI=1S/C16H25N3O2S/c1-12-17-14(10-22-12)15(20)19-6-4-16(5-7-19)8-13(9-21-3)18(2)11-16/h10,13H,4-9,11H2,1-3H3/t13-/m0/s1. The quantitative estimate of drug-likeness (QED) is 0.854. The molecule has 3 rings (SSSR count). The lowest BCUT2D eigenvalue weighted by molar-refractivity contribution is 0.0587. The minimum atomic E-state index is 0.0963. The van der Waals surface area contributed by atoms with Gasteiger partial charge in [0, 0.05) is 38.2 Å². The molecule has 3 heterocycles. The molecule has 0 aromatic carbocycles. The monoisotopic (exact) mass is 323 g/mol. The molecule has 2 fully saturated rings. The molecule has 5 nitrogen and oxygen atoms in total. The normalized spacial score (nSPS) is 25.0. The molecule has 2 aliphatic rings. The summed E-state index contributed by atoms with van der Waals surface area (Å²) in [5.74, 6) is 0.0963. The average molecular weight is 323 g/mol. The van der Waals surface area contributed by atoms with Crippen molar-refractivity contribution in [3.8, 4) is 0 Å². The molecule has 1 aromatic rings. The summed E-state index contributed by atoms with van der Waals surface area (Å²) in [7, 11) is 3.96. The summed E-state index contributed by atoms with van der Waals surface area (Å²) in [4.78, 5) is 21.2. The highest BCUT2D eigenvalue weighted by molar-refractivity contribution is 7.09. The average Bonchev–Trinajstić information content (AvgIpc) is 3.05. The molecule has 1 amide bonds. The fraction of sp³-hybridized carbons (Fsp3) is 0.750. The van der Waals surface area contributed by atoms with E-state index in [1.807, 2.05) is 17.2 Å². The first kappa shape index (κ1) is 15.9. The van der Waals surface area contributed by atoms with E-state index in [2.05, 4.69) is 16.9 Å². The largest absolute Gasteiger partial charge is 0.383 e. The van der Waals surface area contributed by atoms with Gasteiger partial charge in [-0.05, 0) is 38.6 Å². The topological polar surface area (TPSA) is 45.7 Å². The Balaban J connectivity index is 1.60. The molecule has 0 radical (unpaired) electrons. The van der Waals surface area contributed by atoms with Crippen LogP contribution in [0.25, 0.3) is 0 Å². The molecular weight excluding hydrogens is 298 g/mol. The summed E-state index contributed by atoms with van der Waals surface area (Å²) < 4.78 is 5.34. The maximum Gasteiger partial charge on any atom is 0.273 e. The minimum Gasteiger partial charge on any atom is -0.383 e. The molecule has 122 valence electrons. The molecule has 1 aromatic heterocycles. The van der Waals surface area contributed by atoms with Crippen molar-refractivity contribution in [3.05, 3.63) is 16.1 Å². The van der Waals surface area contributed by atoms with Crippen LogP contribution in [0.5, 0.6) is 0 Å². The van der Waals surface area contributed by atoms with E-state index in [1.54, 1.807) is 18.4 Å². The lowest BCUT2D eigenvalue weighted by Gasteiger charge is -2.39. The number of aromatic nitrogens is 1. The van der Waals surface area contributed by atoms with Gasteiger partial charge in [0.25, 0.3) is 5.91 Å². The molecule has 0 N–H and O–H groups in total. The van der Waals surface area contributed by atoms with E-state index >= 15 is 0 Å². The number of likely N-dealkylation sites (tertiary alicyclic amines) is 2. The second kappa shape index (κ2) is 6.26. The van der Waals surface area contributed by atoms with Gasteiger partial charge in [-0.2, -0.15) is 0 Å². The van der Waals surface area contributed by atoms with E-state index in [1.165, 1.54) is 6.42 Å². The molecule has 0 saturated carbocycles. The molecule has 6 heteroatoms. The Labute approximate surface area is 136 Å². The summed E-state index contributed by atoms with van der Waals surface area (Å²) in [6.45, 7) is 5.57. The minimum absolute atomic E-state index is 0.0963. The third kappa shape index (κ3) is 3.05. The Kier molecular flexibility index (Phi) is 4.52. The summed E-state index contributed by atoms with van der Waals surface area (Å²) in [6.07, 6.45) is 3.37. The first-order valence-corrected chi connectivity index (χ1v) is 8.81. The van der Waals surface area contributed by atoms with Crippen molar-refractivity contribution in [3.63, 3.8) is 0 Å². The van der Waals surface area contributed by atoms with Crippen LogP contribution in [0.4, 0.5) is 0 Å². The van der Waals surface area contributed by atoms with Crippen molar-refractivity contribution in [2.45, 2.75) is 32.2 Å². The van der Waals surface area contributed by atoms with Gasteiger partial charge in [-0.3, -0.25) is 4.79 Å². The smallest absolute Gasteiger partial charge is 0.273 e. The number of ether oxygens (including phenoxy) is 1. The van der Waals surface area contributed by atoms with Gasteiger partial charge in [0.15, 0.2) is 0 Å². The number of methoxy groups -OCH3 is 1. The molecule has 1 atom stereocenters. The number of piperidine rings is 1. The predicted molar refractivity (Wildman–Crippen MR) is 87.3 cm³/mol. The zero-order valence-electron chi connectivity index (χ0n) is 13.7. The summed E-state index contributed by atoms with van der Waals surface area (Å²) in [6, 6.07) is 0.522. The molecular formula is C16H25N3O2S. The first-order valence-electron chi connectivity index (χ1n) is 7.94. The van der Waals surface area contributed by atoms with Crippen LogP contribution in [-0.4, -0.2) is 67.1 Å². The fourth-order valence-electron chi connectivity index (χ4n) is 3.93. The highest BCUT2D eigenvalue weighted by atomic mass is 32.1. The SMILES string of the molecule is COC[C@@H]1CC2(CCN(C(=O)c3csc(C)n3)CC2)CN1C. The summed E-state index contributed by atoms with van der Waals surface area (Å²) in [5, 5.41) is 2.83. The van der Waals surface area contributed by atoms with Crippen LogP contribution < -0.4 is 0 Å². The first-order chi connectivity index (χ1) is 10.5. The van der Waals surface area contributed by atoms with Crippen LogP contribution >= 0.6 is 11.3 Å². The number of amides is 1. The molecule has 0 bridgehead atoms. The third-order valence-corrected chi connectivity index (χ3v) is 5.96. The van der Waals surface area contributed by atoms with Crippen LogP contribution in [0.15, 0.2) is 5.38 Å². The second-order valence-electron chi connectivity index (χ2n) is 6.77.